The fourth-order valence-electron chi connectivity index (χ4n) is 4.03. The Bertz CT molecular complexity index is 503. The van der Waals surface area contributed by atoms with E-state index in [1.165, 1.54) is 36.3 Å². The minimum atomic E-state index is 0.699. The molecule has 1 aromatic heterocycles. The highest BCUT2D eigenvalue weighted by Gasteiger charge is 2.35. The average molecular weight is 273 g/mol. The molecule has 20 heavy (non-hydrogen) atoms. The van der Waals surface area contributed by atoms with E-state index in [2.05, 4.69) is 32.1 Å². The van der Waals surface area contributed by atoms with E-state index in [1.54, 1.807) is 6.33 Å². The van der Waals surface area contributed by atoms with Crippen molar-refractivity contribution in [1.82, 2.24) is 20.2 Å². The molecule has 0 aromatic carbocycles. The molecule has 5 heteroatoms. The van der Waals surface area contributed by atoms with Gasteiger partial charge in [0.2, 0.25) is 0 Å². The van der Waals surface area contributed by atoms with Gasteiger partial charge in [0.05, 0.1) is 5.69 Å². The summed E-state index contributed by atoms with van der Waals surface area (Å²) in [6.07, 6.45) is 6.76. The van der Waals surface area contributed by atoms with Gasteiger partial charge in [0, 0.05) is 50.2 Å². The monoisotopic (exact) mass is 273 g/mol. The average Bonchev–Trinajstić information content (AvgIpc) is 2.72. The molecule has 1 aromatic rings. The van der Waals surface area contributed by atoms with E-state index in [-0.39, 0.29) is 0 Å². The van der Waals surface area contributed by atoms with E-state index in [0.717, 1.165) is 38.6 Å². The Morgan fingerprint density at radius 3 is 3.05 bits per heavy atom. The van der Waals surface area contributed by atoms with Crippen LogP contribution >= 0.6 is 0 Å². The number of likely N-dealkylation sites (N-methyl/N-ethyl adjacent to an activating group) is 1. The van der Waals surface area contributed by atoms with E-state index in [1.807, 2.05) is 0 Å². The Balaban J connectivity index is 1.64. The second-order valence-corrected chi connectivity index (χ2v) is 6.33. The summed E-state index contributed by atoms with van der Waals surface area (Å²) in [6.45, 7) is 4.22. The van der Waals surface area contributed by atoms with Gasteiger partial charge in [-0.2, -0.15) is 0 Å². The first kappa shape index (κ1) is 12.5. The summed E-state index contributed by atoms with van der Waals surface area (Å²) in [5.74, 6) is 1.18. The molecule has 2 saturated heterocycles. The van der Waals surface area contributed by atoms with Crippen molar-refractivity contribution in [2.24, 2.45) is 0 Å². The third-order valence-corrected chi connectivity index (χ3v) is 5.30. The van der Waals surface area contributed by atoms with Gasteiger partial charge in [-0.15, -0.1) is 0 Å². The van der Waals surface area contributed by atoms with Gasteiger partial charge in [-0.1, -0.05) is 0 Å². The van der Waals surface area contributed by atoms with Crippen molar-refractivity contribution in [3.63, 3.8) is 0 Å². The molecule has 3 aliphatic heterocycles. The summed E-state index contributed by atoms with van der Waals surface area (Å²) in [7, 11) is 2.29. The SMILES string of the molecule is CN1C2CCC1CN(c1ncnc3c1CNCC3)CC2. The maximum atomic E-state index is 4.62. The third kappa shape index (κ3) is 2.00. The lowest BCUT2D eigenvalue weighted by Gasteiger charge is -2.30. The van der Waals surface area contributed by atoms with Gasteiger partial charge in [-0.05, 0) is 26.3 Å². The molecule has 108 valence electrons. The van der Waals surface area contributed by atoms with Gasteiger partial charge in [-0.3, -0.25) is 4.90 Å². The van der Waals surface area contributed by atoms with Gasteiger partial charge >= 0.3 is 0 Å². The molecule has 4 heterocycles. The highest BCUT2D eigenvalue weighted by molar-refractivity contribution is 5.50. The lowest BCUT2D eigenvalue weighted by atomic mass is 10.1. The highest BCUT2D eigenvalue weighted by atomic mass is 15.3. The standard InChI is InChI=1S/C15H23N5/c1-19-11-2-3-12(19)9-20(7-5-11)15-13-8-16-6-4-14(13)17-10-18-15/h10-12,16H,2-9H2,1H3. The molecular formula is C15H23N5. The summed E-state index contributed by atoms with van der Waals surface area (Å²) >= 11 is 0. The van der Waals surface area contributed by atoms with Gasteiger partial charge in [-0.25, -0.2) is 9.97 Å². The fourth-order valence-corrected chi connectivity index (χ4v) is 4.03. The van der Waals surface area contributed by atoms with Crippen molar-refractivity contribution in [2.45, 2.75) is 44.3 Å². The molecule has 3 aliphatic rings. The number of nitrogens with zero attached hydrogens (tertiary/aromatic N) is 4. The summed E-state index contributed by atoms with van der Waals surface area (Å²) in [4.78, 5) is 14.2. The van der Waals surface area contributed by atoms with E-state index in [9.17, 15) is 0 Å². The number of fused-ring (bicyclic) bond motifs is 3. The van der Waals surface area contributed by atoms with Crippen LogP contribution < -0.4 is 10.2 Å². The van der Waals surface area contributed by atoms with Crippen molar-refractivity contribution >= 4 is 5.82 Å². The van der Waals surface area contributed by atoms with Crippen LogP contribution in [0.4, 0.5) is 5.82 Å². The molecule has 0 saturated carbocycles. The van der Waals surface area contributed by atoms with Crippen molar-refractivity contribution < 1.29 is 0 Å². The fraction of sp³-hybridized carbons (Fsp3) is 0.733. The first-order chi connectivity index (χ1) is 9.83. The first-order valence-corrected chi connectivity index (χ1v) is 7.83. The summed E-state index contributed by atoms with van der Waals surface area (Å²) in [6, 6.07) is 1.48. The topological polar surface area (TPSA) is 44.3 Å². The predicted octanol–water partition coefficient (Wildman–Crippen LogP) is 0.795. The second-order valence-electron chi connectivity index (χ2n) is 6.33. The third-order valence-electron chi connectivity index (χ3n) is 5.30. The Morgan fingerprint density at radius 1 is 1.20 bits per heavy atom. The molecule has 0 aliphatic carbocycles. The molecule has 2 bridgehead atoms. The number of anilines is 1. The molecule has 2 unspecified atom stereocenters. The Labute approximate surface area is 120 Å². The van der Waals surface area contributed by atoms with Crippen LogP contribution in [0.3, 0.4) is 0 Å². The molecule has 2 atom stereocenters. The van der Waals surface area contributed by atoms with Crippen molar-refractivity contribution in [3.8, 4) is 0 Å². The molecule has 5 nitrogen and oxygen atoms in total. The zero-order valence-electron chi connectivity index (χ0n) is 12.2. The Morgan fingerprint density at radius 2 is 2.10 bits per heavy atom. The van der Waals surface area contributed by atoms with Gasteiger partial charge in [0.25, 0.3) is 0 Å². The van der Waals surface area contributed by atoms with Gasteiger partial charge in [0.1, 0.15) is 12.1 Å². The Kier molecular flexibility index (Phi) is 3.11. The van der Waals surface area contributed by atoms with Gasteiger partial charge in [0.15, 0.2) is 0 Å². The van der Waals surface area contributed by atoms with Crippen LogP contribution in [0.15, 0.2) is 6.33 Å². The molecule has 4 rings (SSSR count). The number of hydrogen-bond donors (Lipinski definition) is 1. The first-order valence-electron chi connectivity index (χ1n) is 7.83. The smallest absolute Gasteiger partial charge is 0.136 e. The zero-order chi connectivity index (χ0) is 13.5. The summed E-state index contributed by atoms with van der Waals surface area (Å²) < 4.78 is 0. The second kappa shape index (κ2) is 4.97. The van der Waals surface area contributed by atoms with Crippen LogP contribution in [-0.2, 0) is 13.0 Å². The summed E-state index contributed by atoms with van der Waals surface area (Å²) in [5, 5.41) is 3.46. The molecule has 0 amide bonds. The normalized spacial score (nSPS) is 30.1. The van der Waals surface area contributed by atoms with E-state index < -0.39 is 0 Å². The lowest BCUT2D eigenvalue weighted by molar-refractivity contribution is 0.254. The van der Waals surface area contributed by atoms with E-state index >= 15 is 0 Å². The quantitative estimate of drug-likeness (QED) is 0.820. The zero-order valence-corrected chi connectivity index (χ0v) is 12.2. The van der Waals surface area contributed by atoms with Crippen LogP contribution in [-0.4, -0.2) is 53.6 Å². The number of nitrogens with one attached hydrogen (secondary N) is 1. The minimum absolute atomic E-state index is 0.699. The van der Waals surface area contributed by atoms with Crippen LogP contribution in [0.1, 0.15) is 30.5 Å². The number of hydrogen-bond acceptors (Lipinski definition) is 5. The number of rotatable bonds is 1. The van der Waals surface area contributed by atoms with E-state index in [4.69, 9.17) is 0 Å². The molecule has 0 spiro atoms. The van der Waals surface area contributed by atoms with Crippen LogP contribution in [0.5, 0.6) is 0 Å². The van der Waals surface area contributed by atoms with Crippen LogP contribution in [0, 0.1) is 0 Å². The molecule has 2 fully saturated rings. The van der Waals surface area contributed by atoms with Gasteiger partial charge < -0.3 is 10.2 Å². The summed E-state index contributed by atoms with van der Waals surface area (Å²) in [5.41, 5.74) is 2.58. The maximum absolute atomic E-state index is 4.62. The van der Waals surface area contributed by atoms with Crippen LogP contribution in [0.25, 0.3) is 0 Å². The molecule has 0 radical (unpaired) electrons. The largest absolute Gasteiger partial charge is 0.355 e. The maximum Gasteiger partial charge on any atom is 0.136 e. The molecular weight excluding hydrogens is 250 g/mol. The van der Waals surface area contributed by atoms with Crippen molar-refractivity contribution in [1.29, 1.82) is 0 Å². The van der Waals surface area contributed by atoms with Crippen LogP contribution in [0.2, 0.25) is 0 Å². The van der Waals surface area contributed by atoms with Crippen molar-refractivity contribution in [2.75, 3.05) is 31.6 Å². The predicted molar refractivity (Wildman–Crippen MR) is 78.8 cm³/mol. The molecule has 1 N–H and O–H groups in total. The van der Waals surface area contributed by atoms with Crippen molar-refractivity contribution in [3.05, 3.63) is 17.6 Å². The Hall–Kier alpha value is -1.20. The lowest BCUT2D eigenvalue weighted by Crippen LogP contribution is -2.38. The minimum Gasteiger partial charge on any atom is -0.355 e. The highest BCUT2D eigenvalue weighted by Crippen LogP contribution is 2.31. The number of aromatic nitrogens is 2. The van der Waals surface area contributed by atoms with E-state index in [0.29, 0.717) is 6.04 Å².